The third-order valence-electron chi connectivity index (χ3n) is 3.34. The molecule has 0 unspecified atom stereocenters. The number of amides is 1. The summed E-state index contributed by atoms with van der Waals surface area (Å²) in [6, 6.07) is 12.0. The van der Waals surface area contributed by atoms with Crippen LogP contribution in [0.1, 0.15) is 35.0 Å². The second-order valence-electron chi connectivity index (χ2n) is 5.18. The summed E-state index contributed by atoms with van der Waals surface area (Å²) in [5, 5.41) is 13.3. The number of ketones is 1. The SMILES string of the molecule is C[C@@H](OC(=O)CCC(=O)c1cccs1)C(=O)Nc1ccccc1C#N. The van der Waals surface area contributed by atoms with Crippen molar-refractivity contribution in [1.29, 1.82) is 5.26 Å². The van der Waals surface area contributed by atoms with Gasteiger partial charge in [0.15, 0.2) is 11.9 Å². The molecule has 0 aliphatic heterocycles. The third kappa shape index (κ3) is 5.26. The van der Waals surface area contributed by atoms with Crippen molar-refractivity contribution < 1.29 is 19.1 Å². The first-order valence-corrected chi connectivity index (χ1v) is 8.45. The summed E-state index contributed by atoms with van der Waals surface area (Å²) in [6.07, 6.45) is -1.09. The summed E-state index contributed by atoms with van der Waals surface area (Å²) < 4.78 is 5.04. The molecule has 0 fully saturated rings. The maximum absolute atomic E-state index is 12.1. The average Bonchev–Trinajstić information content (AvgIpc) is 3.14. The maximum atomic E-state index is 12.1. The Bertz CT molecular complexity index is 809. The van der Waals surface area contributed by atoms with Gasteiger partial charge < -0.3 is 10.1 Å². The Morgan fingerprint density at radius 1 is 1.20 bits per heavy atom. The predicted octanol–water partition coefficient (Wildman–Crippen LogP) is 3.15. The molecule has 1 heterocycles. The van der Waals surface area contributed by atoms with Gasteiger partial charge in [0.25, 0.3) is 5.91 Å². The third-order valence-corrected chi connectivity index (χ3v) is 4.25. The lowest BCUT2D eigenvalue weighted by Crippen LogP contribution is -2.30. The van der Waals surface area contributed by atoms with Gasteiger partial charge in [0, 0.05) is 6.42 Å². The first-order valence-electron chi connectivity index (χ1n) is 7.57. The first kappa shape index (κ1) is 18.4. The normalized spacial score (nSPS) is 11.2. The Hall–Kier alpha value is -2.98. The van der Waals surface area contributed by atoms with Crippen LogP contribution in [-0.2, 0) is 14.3 Å². The largest absolute Gasteiger partial charge is 0.453 e. The van der Waals surface area contributed by atoms with E-state index in [1.807, 2.05) is 6.07 Å². The Labute approximate surface area is 149 Å². The maximum Gasteiger partial charge on any atom is 0.307 e. The number of esters is 1. The molecule has 7 heteroatoms. The van der Waals surface area contributed by atoms with Crippen molar-refractivity contribution in [2.45, 2.75) is 25.9 Å². The van der Waals surface area contributed by atoms with E-state index in [0.29, 0.717) is 16.1 Å². The van der Waals surface area contributed by atoms with E-state index in [0.717, 1.165) is 0 Å². The van der Waals surface area contributed by atoms with Gasteiger partial charge in [0.1, 0.15) is 6.07 Å². The van der Waals surface area contributed by atoms with Crippen molar-refractivity contribution in [3.05, 3.63) is 52.2 Å². The molecule has 128 valence electrons. The molecule has 0 spiro atoms. The summed E-state index contributed by atoms with van der Waals surface area (Å²) >= 11 is 1.31. The van der Waals surface area contributed by atoms with Gasteiger partial charge in [-0.2, -0.15) is 5.26 Å². The molecule has 0 saturated carbocycles. The van der Waals surface area contributed by atoms with Gasteiger partial charge in [-0.1, -0.05) is 18.2 Å². The second-order valence-corrected chi connectivity index (χ2v) is 6.13. The van der Waals surface area contributed by atoms with E-state index in [1.165, 1.54) is 18.3 Å². The number of benzene rings is 1. The summed E-state index contributed by atoms with van der Waals surface area (Å²) in [5.41, 5.74) is 0.668. The number of nitrogens with zero attached hydrogens (tertiary/aromatic N) is 1. The number of Topliss-reactive ketones (excluding diaryl/α,β-unsaturated/α-hetero) is 1. The van der Waals surface area contributed by atoms with E-state index in [-0.39, 0.29) is 18.6 Å². The Balaban J connectivity index is 1.83. The molecule has 0 aliphatic rings. The van der Waals surface area contributed by atoms with Gasteiger partial charge in [0.2, 0.25) is 0 Å². The van der Waals surface area contributed by atoms with Gasteiger partial charge in [-0.25, -0.2) is 0 Å². The molecular weight excluding hydrogens is 340 g/mol. The van der Waals surface area contributed by atoms with E-state index in [2.05, 4.69) is 5.32 Å². The van der Waals surface area contributed by atoms with Crippen molar-refractivity contribution in [3.63, 3.8) is 0 Å². The van der Waals surface area contributed by atoms with Crippen LogP contribution in [0.4, 0.5) is 5.69 Å². The van der Waals surface area contributed by atoms with Crippen LogP contribution in [0.5, 0.6) is 0 Å². The molecule has 25 heavy (non-hydrogen) atoms. The fraction of sp³-hybridized carbons (Fsp3) is 0.222. The van der Waals surface area contributed by atoms with Crippen LogP contribution in [0, 0.1) is 11.3 Å². The average molecular weight is 356 g/mol. The molecule has 0 radical (unpaired) electrons. The van der Waals surface area contributed by atoms with Crippen LogP contribution < -0.4 is 5.32 Å². The van der Waals surface area contributed by atoms with Gasteiger partial charge in [-0.3, -0.25) is 14.4 Å². The topological polar surface area (TPSA) is 96.3 Å². The van der Waals surface area contributed by atoms with Crippen molar-refractivity contribution in [2.24, 2.45) is 0 Å². The molecule has 1 amide bonds. The minimum atomic E-state index is -1.03. The lowest BCUT2D eigenvalue weighted by Gasteiger charge is -2.14. The van der Waals surface area contributed by atoms with E-state index < -0.39 is 18.0 Å². The molecule has 1 N–H and O–H groups in total. The highest BCUT2D eigenvalue weighted by molar-refractivity contribution is 7.12. The number of anilines is 1. The highest BCUT2D eigenvalue weighted by atomic mass is 32.1. The predicted molar refractivity (Wildman–Crippen MR) is 93.2 cm³/mol. The Morgan fingerprint density at radius 3 is 2.64 bits per heavy atom. The van der Waals surface area contributed by atoms with Gasteiger partial charge in [-0.05, 0) is 30.5 Å². The number of ether oxygens (including phenoxy) is 1. The quantitative estimate of drug-likeness (QED) is 0.607. The molecule has 0 bridgehead atoms. The second kappa shape index (κ2) is 8.76. The molecule has 2 rings (SSSR count). The summed E-state index contributed by atoms with van der Waals surface area (Å²) in [4.78, 5) is 36.3. The fourth-order valence-electron chi connectivity index (χ4n) is 2.01. The van der Waals surface area contributed by atoms with E-state index >= 15 is 0 Å². The first-order chi connectivity index (χ1) is 12.0. The van der Waals surface area contributed by atoms with Crippen LogP contribution in [-0.4, -0.2) is 23.8 Å². The number of thiophene rings is 1. The van der Waals surface area contributed by atoms with Crippen molar-refractivity contribution in [2.75, 3.05) is 5.32 Å². The smallest absolute Gasteiger partial charge is 0.307 e. The zero-order valence-electron chi connectivity index (χ0n) is 13.5. The number of carbonyl (C=O) groups is 3. The van der Waals surface area contributed by atoms with Crippen molar-refractivity contribution in [1.82, 2.24) is 0 Å². The van der Waals surface area contributed by atoms with Crippen LogP contribution in [0.3, 0.4) is 0 Å². The number of nitrogens with one attached hydrogen (secondary N) is 1. The summed E-state index contributed by atoms with van der Waals surface area (Å²) in [7, 11) is 0. The standard InChI is InChI=1S/C18H16N2O4S/c1-12(18(23)20-14-6-3-2-5-13(14)11-19)24-17(22)9-8-15(21)16-7-4-10-25-16/h2-7,10,12H,8-9H2,1H3,(H,20,23)/t12-/m1/s1. The lowest BCUT2D eigenvalue weighted by molar-refractivity contribution is -0.153. The minimum absolute atomic E-state index is 0.0327. The molecule has 1 aromatic heterocycles. The fourth-order valence-corrected chi connectivity index (χ4v) is 2.70. The monoisotopic (exact) mass is 356 g/mol. The highest BCUT2D eigenvalue weighted by Gasteiger charge is 2.19. The van der Waals surface area contributed by atoms with Gasteiger partial charge >= 0.3 is 5.97 Å². The lowest BCUT2D eigenvalue weighted by atomic mass is 10.2. The number of carbonyl (C=O) groups excluding carboxylic acids is 3. The number of para-hydroxylation sites is 1. The Morgan fingerprint density at radius 2 is 1.96 bits per heavy atom. The zero-order valence-corrected chi connectivity index (χ0v) is 14.3. The van der Waals surface area contributed by atoms with Crippen molar-refractivity contribution in [3.8, 4) is 6.07 Å². The number of rotatable bonds is 7. The van der Waals surface area contributed by atoms with Crippen LogP contribution in [0.25, 0.3) is 0 Å². The molecule has 0 saturated heterocycles. The van der Waals surface area contributed by atoms with Gasteiger partial charge in [-0.15, -0.1) is 11.3 Å². The summed E-state index contributed by atoms with van der Waals surface area (Å²) in [5.74, 6) is -1.30. The molecule has 1 atom stereocenters. The summed E-state index contributed by atoms with van der Waals surface area (Å²) in [6.45, 7) is 1.43. The number of hydrogen-bond acceptors (Lipinski definition) is 6. The van der Waals surface area contributed by atoms with E-state index in [9.17, 15) is 14.4 Å². The van der Waals surface area contributed by atoms with E-state index in [1.54, 1.807) is 41.8 Å². The zero-order chi connectivity index (χ0) is 18.2. The van der Waals surface area contributed by atoms with Crippen LogP contribution >= 0.6 is 11.3 Å². The molecular formula is C18H16N2O4S. The number of hydrogen-bond donors (Lipinski definition) is 1. The molecule has 1 aromatic carbocycles. The minimum Gasteiger partial charge on any atom is -0.453 e. The highest BCUT2D eigenvalue weighted by Crippen LogP contribution is 2.15. The number of nitriles is 1. The van der Waals surface area contributed by atoms with Crippen molar-refractivity contribution >= 4 is 34.7 Å². The Kier molecular flexibility index (Phi) is 6.43. The van der Waals surface area contributed by atoms with E-state index in [4.69, 9.17) is 10.00 Å². The van der Waals surface area contributed by atoms with Gasteiger partial charge in [0.05, 0.1) is 22.5 Å². The molecule has 6 nitrogen and oxygen atoms in total. The van der Waals surface area contributed by atoms with Crippen LogP contribution in [0.2, 0.25) is 0 Å². The molecule has 2 aromatic rings. The van der Waals surface area contributed by atoms with Crippen LogP contribution in [0.15, 0.2) is 41.8 Å². The molecule has 0 aliphatic carbocycles.